The zero-order chi connectivity index (χ0) is 20.1. The minimum atomic E-state index is -1.61. The first-order chi connectivity index (χ1) is 13.5. The van der Waals surface area contributed by atoms with Crippen molar-refractivity contribution in [3.05, 3.63) is 71.8 Å². The van der Waals surface area contributed by atoms with Crippen molar-refractivity contribution < 1.29 is 29.3 Å². The Labute approximate surface area is 163 Å². The maximum absolute atomic E-state index is 12.0. The van der Waals surface area contributed by atoms with Gasteiger partial charge in [-0.05, 0) is 22.8 Å². The number of aliphatic hydroxyl groups excluding tert-OH is 2. The number of aliphatic hydroxyl groups is 2. The lowest BCUT2D eigenvalue weighted by Gasteiger charge is -2.29. The van der Waals surface area contributed by atoms with Gasteiger partial charge in [0, 0.05) is 12.5 Å². The molecule has 1 aliphatic carbocycles. The highest BCUT2D eigenvalue weighted by Gasteiger charge is 2.38. The van der Waals surface area contributed by atoms with E-state index in [1.54, 1.807) is 0 Å². The summed E-state index contributed by atoms with van der Waals surface area (Å²) in [4.78, 5) is 23.0. The lowest BCUT2D eigenvalue weighted by atomic mass is 9.91. The molecular formula is C22H22O6. The molecule has 3 atom stereocenters. The lowest BCUT2D eigenvalue weighted by Crippen LogP contribution is -2.47. The van der Waals surface area contributed by atoms with Gasteiger partial charge in [0.05, 0.1) is 6.61 Å². The Morgan fingerprint density at radius 1 is 0.964 bits per heavy atom. The first-order valence-electron chi connectivity index (χ1n) is 8.96. The van der Waals surface area contributed by atoms with Gasteiger partial charge in [-0.2, -0.15) is 0 Å². The number of carbonyl (C=O) groups excluding carboxylic acids is 2. The van der Waals surface area contributed by atoms with Crippen LogP contribution in [0.5, 0.6) is 0 Å². The van der Waals surface area contributed by atoms with Crippen LogP contribution in [-0.4, -0.2) is 46.9 Å². The summed E-state index contributed by atoms with van der Waals surface area (Å²) in [5.41, 5.74) is 3.18. The van der Waals surface area contributed by atoms with E-state index in [4.69, 9.17) is 9.47 Å². The summed E-state index contributed by atoms with van der Waals surface area (Å²) in [6, 6.07) is 17.8. The van der Waals surface area contributed by atoms with E-state index < -0.39 is 30.1 Å². The second-order valence-electron chi connectivity index (χ2n) is 6.61. The third kappa shape index (κ3) is 4.72. The summed E-state index contributed by atoms with van der Waals surface area (Å²) in [5, 5.41) is 20.1. The van der Waals surface area contributed by atoms with E-state index in [-0.39, 0.29) is 18.8 Å². The van der Waals surface area contributed by atoms with Crippen molar-refractivity contribution in [3.63, 3.8) is 0 Å². The number of esters is 1. The van der Waals surface area contributed by atoms with Gasteiger partial charge in [0.1, 0.15) is 24.9 Å². The first-order valence-corrected chi connectivity index (χ1v) is 8.96. The summed E-state index contributed by atoms with van der Waals surface area (Å²) < 4.78 is 10.5. The first kappa shape index (κ1) is 19.9. The molecule has 0 amide bonds. The largest absolute Gasteiger partial charge is 0.461 e. The highest BCUT2D eigenvalue weighted by molar-refractivity contribution is 6.00. The fraction of sp³-hybridized carbons (Fsp3) is 0.273. The predicted molar refractivity (Wildman–Crippen MR) is 102 cm³/mol. The third-order valence-corrected chi connectivity index (χ3v) is 4.55. The van der Waals surface area contributed by atoms with Crippen molar-refractivity contribution in [1.82, 2.24) is 0 Å². The number of carbonyl (C=O) groups is 2. The zero-order valence-corrected chi connectivity index (χ0v) is 15.4. The number of Topliss-reactive ketones (excluding diaryl/α,β-unsaturated/α-hetero) is 1. The average Bonchev–Trinajstić information content (AvgIpc) is 2.72. The normalized spacial score (nSPS) is 21.9. The molecule has 3 rings (SSSR count). The molecule has 2 aromatic carbocycles. The number of hydrogen-bond donors (Lipinski definition) is 2. The van der Waals surface area contributed by atoms with Crippen LogP contribution in [0.2, 0.25) is 0 Å². The van der Waals surface area contributed by atoms with Gasteiger partial charge in [-0.1, -0.05) is 54.6 Å². The number of benzene rings is 2. The van der Waals surface area contributed by atoms with Crippen molar-refractivity contribution in [2.75, 3.05) is 6.61 Å². The van der Waals surface area contributed by atoms with Crippen molar-refractivity contribution in [2.24, 2.45) is 0 Å². The Kier molecular flexibility index (Phi) is 6.36. The molecule has 0 bridgehead atoms. The second-order valence-corrected chi connectivity index (χ2v) is 6.61. The maximum Gasteiger partial charge on any atom is 0.302 e. The Balaban J connectivity index is 1.66. The molecule has 6 heteroatoms. The highest BCUT2D eigenvalue weighted by Crippen LogP contribution is 2.22. The van der Waals surface area contributed by atoms with E-state index in [1.165, 1.54) is 13.0 Å². The number of hydrogen-bond acceptors (Lipinski definition) is 6. The molecule has 0 aliphatic heterocycles. The SMILES string of the molecule is CC(=O)OCC1=C[C@H](OCc2ccc(-c3ccccc3)cc2)[C@H](O)[C@@H](O)C1=O. The van der Waals surface area contributed by atoms with Gasteiger partial charge in [0.25, 0.3) is 0 Å². The third-order valence-electron chi connectivity index (χ3n) is 4.55. The molecule has 0 spiro atoms. The van der Waals surface area contributed by atoms with Gasteiger partial charge >= 0.3 is 5.97 Å². The molecule has 2 aromatic rings. The van der Waals surface area contributed by atoms with E-state index >= 15 is 0 Å². The van der Waals surface area contributed by atoms with E-state index in [0.717, 1.165) is 16.7 Å². The van der Waals surface area contributed by atoms with Crippen LogP contribution in [0.4, 0.5) is 0 Å². The Morgan fingerprint density at radius 2 is 1.61 bits per heavy atom. The number of ketones is 1. The summed E-state index contributed by atoms with van der Waals surface area (Å²) >= 11 is 0. The average molecular weight is 382 g/mol. The molecule has 1 aliphatic rings. The Morgan fingerprint density at radius 3 is 2.25 bits per heavy atom. The van der Waals surface area contributed by atoms with E-state index in [2.05, 4.69) is 0 Å². The summed E-state index contributed by atoms with van der Waals surface area (Å²) in [6.45, 7) is 1.16. The summed E-state index contributed by atoms with van der Waals surface area (Å²) in [6.07, 6.45) is -2.47. The van der Waals surface area contributed by atoms with Crippen LogP contribution in [-0.2, 0) is 25.7 Å². The number of ether oxygens (including phenoxy) is 2. The molecule has 0 unspecified atom stereocenters. The van der Waals surface area contributed by atoms with Crippen LogP contribution in [0.25, 0.3) is 11.1 Å². The van der Waals surface area contributed by atoms with E-state index in [9.17, 15) is 19.8 Å². The number of rotatable bonds is 6. The van der Waals surface area contributed by atoms with Gasteiger partial charge in [-0.15, -0.1) is 0 Å². The van der Waals surface area contributed by atoms with E-state index in [0.29, 0.717) is 0 Å². The maximum atomic E-state index is 12.0. The second kappa shape index (κ2) is 8.93. The van der Waals surface area contributed by atoms with Gasteiger partial charge in [0.2, 0.25) is 0 Å². The zero-order valence-electron chi connectivity index (χ0n) is 15.4. The van der Waals surface area contributed by atoms with Crippen LogP contribution in [0.1, 0.15) is 12.5 Å². The molecule has 28 heavy (non-hydrogen) atoms. The smallest absolute Gasteiger partial charge is 0.302 e. The summed E-state index contributed by atoms with van der Waals surface area (Å²) in [5.74, 6) is -1.20. The Hall–Kier alpha value is -2.80. The molecular weight excluding hydrogens is 360 g/mol. The standard InChI is InChI=1S/C22H22O6/c1-14(23)27-13-18-11-19(21(25)22(26)20(18)24)28-12-15-7-9-17(10-8-15)16-5-3-2-4-6-16/h2-11,19,21-22,25-26H,12-13H2,1H3/t19-,21-,22-/m0/s1. The predicted octanol–water partition coefficient (Wildman–Crippen LogP) is 2.03. The molecule has 0 radical (unpaired) electrons. The molecule has 146 valence electrons. The molecule has 6 nitrogen and oxygen atoms in total. The molecule has 0 saturated heterocycles. The minimum Gasteiger partial charge on any atom is -0.461 e. The molecule has 0 saturated carbocycles. The van der Waals surface area contributed by atoms with Crippen LogP contribution in [0, 0.1) is 0 Å². The summed E-state index contributed by atoms with van der Waals surface area (Å²) in [7, 11) is 0. The van der Waals surface area contributed by atoms with Crippen LogP contribution < -0.4 is 0 Å². The van der Waals surface area contributed by atoms with Gasteiger partial charge in [-0.3, -0.25) is 9.59 Å². The lowest BCUT2D eigenvalue weighted by molar-refractivity contribution is -0.143. The topological polar surface area (TPSA) is 93.1 Å². The van der Waals surface area contributed by atoms with Crippen molar-refractivity contribution in [3.8, 4) is 11.1 Å². The Bertz CT molecular complexity index is 856. The quantitative estimate of drug-likeness (QED) is 0.743. The molecule has 2 N–H and O–H groups in total. The molecule has 0 fully saturated rings. The van der Waals surface area contributed by atoms with Gasteiger partial charge in [0.15, 0.2) is 5.78 Å². The monoisotopic (exact) mass is 382 g/mol. The van der Waals surface area contributed by atoms with Crippen molar-refractivity contribution in [2.45, 2.75) is 31.8 Å². The van der Waals surface area contributed by atoms with Gasteiger partial charge in [-0.25, -0.2) is 0 Å². The van der Waals surface area contributed by atoms with Crippen molar-refractivity contribution in [1.29, 1.82) is 0 Å². The fourth-order valence-electron chi connectivity index (χ4n) is 2.97. The fourth-order valence-corrected chi connectivity index (χ4v) is 2.97. The molecule has 0 heterocycles. The van der Waals surface area contributed by atoms with Crippen molar-refractivity contribution >= 4 is 11.8 Å². The molecule has 0 aromatic heterocycles. The highest BCUT2D eigenvalue weighted by atomic mass is 16.5. The van der Waals surface area contributed by atoms with Crippen LogP contribution in [0.3, 0.4) is 0 Å². The van der Waals surface area contributed by atoms with Crippen LogP contribution >= 0.6 is 0 Å². The van der Waals surface area contributed by atoms with E-state index in [1.807, 2.05) is 54.6 Å². The van der Waals surface area contributed by atoms with Crippen LogP contribution in [0.15, 0.2) is 66.2 Å². The minimum absolute atomic E-state index is 0.109. The van der Waals surface area contributed by atoms with Gasteiger partial charge < -0.3 is 19.7 Å².